The summed E-state index contributed by atoms with van der Waals surface area (Å²) in [5.74, 6) is 0.927. The molecule has 0 aliphatic heterocycles. The molecule has 0 bridgehead atoms. The molecule has 0 radical (unpaired) electrons. The number of hydrogen-bond donors (Lipinski definition) is 1. The number of aryl methyl sites for hydroxylation is 1. The topological polar surface area (TPSA) is 21.3 Å². The molecule has 0 saturated carbocycles. The lowest BCUT2D eigenvalue weighted by molar-refractivity contribution is 0.414. The molecule has 0 aromatic heterocycles. The smallest absolute Gasteiger partial charge is 0.119 e. The van der Waals surface area contributed by atoms with Crippen molar-refractivity contribution < 1.29 is 4.74 Å². The van der Waals surface area contributed by atoms with E-state index in [0.29, 0.717) is 6.04 Å². The first-order valence-corrected chi connectivity index (χ1v) is 7.68. The quantitative estimate of drug-likeness (QED) is 0.824. The summed E-state index contributed by atoms with van der Waals surface area (Å²) in [7, 11) is 1.71. The van der Waals surface area contributed by atoms with Crippen molar-refractivity contribution in [2.45, 2.75) is 32.7 Å². The van der Waals surface area contributed by atoms with Crippen molar-refractivity contribution in [3.05, 3.63) is 65.2 Å². The lowest BCUT2D eigenvalue weighted by atomic mass is 10.0. The highest BCUT2D eigenvalue weighted by Crippen LogP contribution is 2.15. The first-order valence-electron chi connectivity index (χ1n) is 7.68. The highest BCUT2D eigenvalue weighted by molar-refractivity contribution is 5.28. The second-order valence-electron chi connectivity index (χ2n) is 5.37. The summed E-state index contributed by atoms with van der Waals surface area (Å²) >= 11 is 0. The molecule has 0 aliphatic carbocycles. The van der Waals surface area contributed by atoms with Crippen LogP contribution in [0.25, 0.3) is 0 Å². The van der Waals surface area contributed by atoms with Gasteiger partial charge in [0.25, 0.3) is 0 Å². The summed E-state index contributed by atoms with van der Waals surface area (Å²) in [4.78, 5) is 0. The van der Waals surface area contributed by atoms with Crippen LogP contribution in [0.15, 0.2) is 48.5 Å². The van der Waals surface area contributed by atoms with E-state index in [-0.39, 0.29) is 0 Å². The van der Waals surface area contributed by atoms with Crippen LogP contribution < -0.4 is 10.1 Å². The largest absolute Gasteiger partial charge is 0.497 e. The van der Waals surface area contributed by atoms with Crippen molar-refractivity contribution >= 4 is 0 Å². The third kappa shape index (κ3) is 4.61. The molecule has 2 aromatic rings. The van der Waals surface area contributed by atoms with E-state index >= 15 is 0 Å². The lowest BCUT2D eigenvalue weighted by Gasteiger charge is -2.15. The van der Waals surface area contributed by atoms with E-state index in [1.54, 1.807) is 7.11 Å². The number of methoxy groups -OCH3 is 1. The van der Waals surface area contributed by atoms with Crippen LogP contribution in [0, 0.1) is 0 Å². The average molecular weight is 283 g/mol. The van der Waals surface area contributed by atoms with Crippen LogP contribution in [-0.4, -0.2) is 13.7 Å². The van der Waals surface area contributed by atoms with E-state index in [1.807, 2.05) is 12.1 Å². The van der Waals surface area contributed by atoms with Crippen LogP contribution in [-0.2, 0) is 12.8 Å². The summed E-state index contributed by atoms with van der Waals surface area (Å²) in [5, 5.41) is 3.58. The number of rotatable bonds is 7. The Balaban J connectivity index is 1.84. The van der Waals surface area contributed by atoms with Crippen molar-refractivity contribution in [3.63, 3.8) is 0 Å². The standard InChI is InChI=1S/C19H25NO/c1-4-16-8-10-18(11-9-16)15(2)20-13-12-17-6-5-7-19(14-17)21-3/h5-11,14-15,20H,4,12-13H2,1-3H3. The van der Waals surface area contributed by atoms with Gasteiger partial charge in [-0.2, -0.15) is 0 Å². The van der Waals surface area contributed by atoms with Gasteiger partial charge in [-0.15, -0.1) is 0 Å². The summed E-state index contributed by atoms with van der Waals surface area (Å²) < 4.78 is 5.25. The number of hydrogen-bond acceptors (Lipinski definition) is 2. The van der Waals surface area contributed by atoms with E-state index in [1.165, 1.54) is 16.7 Å². The molecule has 2 rings (SSSR count). The maximum absolute atomic E-state index is 5.25. The average Bonchev–Trinajstić information content (AvgIpc) is 2.55. The maximum atomic E-state index is 5.25. The van der Waals surface area contributed by atoms with Gasteiger partial charge in [0.05, 0.1) is 7.11 Å². The van der Waals surface area contributed by atoms with E-state index in [4.69, 9.17) is 4.74 Å². The highest BCUT2D eigenvalue weighted by atomic mass is 16.5. The molecular weight excluding hydrogens is 258 g/mol. The van der Waals surface area contributed by atoms with E-state index in [2.05, 4.69) is 55.6 Å². The monoisotopic (exact) mass is 283 g/mol. The SMILES string of the molecule is CCc1ccc(C(C)NCCc2cccc(OC)c2)cc1. The molecule has 2 aromatic carbocycles. The van der Waals surface area contributed by atoms with Gasteiger partial charge >= 0.3 is 0 Å². The predicted octanol–water partition coefficient (Wildman–Crippen LogP) is 4.15. The van der Waals surface area contributed by atoms with Crippen molar-refractivity contribution in [3.8, 4) is 5.75 Å². The normalized spacial score (nSPS) is 12.1. The number of ether oxygens (including phenoxy) is 1. The van der Waals surface area contributed by atoms with Gasteiger partial charge in [-0.3, -0.25) is 0 Å². The zero-order valence-corrected chi connectivity index (χ0v) is 13.2. The number of nitrogens with one attached hydrogen (secondary N) is 1. The lowest BCUT2D eigenvalue weighted by Crippen LogP contribution is -2.21. The molecule has 2 nitrogen and oxygen atoms in total. The Hall–Kier alpha value is -1.80. The molecule has 0 fully saturated rings. The first kappa shape index (κ1) is 15.6. The van der Waals surface area contributed by atoms with Crippen LogP contribution in [0.2, 0.25) is 0 Å². The van der Waals surface area contributed by atoms with Gasteiger partial charge in [0.15, 0.2) is 0 Å². The van der Waals surface area contributed by atoms with Gasteiger partial charge in [0.1, 0.15) is 5.75 Å². The summed E-state index contributed by atoms with van der Waals surface area (Å²) in [6, 6.07) is 17.5. The minimum absolute atomic E-state index is 0.376. The van der Waals surface area contributed by atoms with Gasteiger partial charge in [0.2, 0.25) is 0 Å². The Labute approximate surface area is 128 Å². The molecule has 0 spiro atoms. The molecular formula is C19H25NO. The Kier molecular flexibility index (Phi) is 5.82. The highest BCUT2D eigenvalue weighted by Gasteiger charge is 2.04. The fourth-order valence-corrected chi connectivity index (χ4v) is 2.42. The summed E-state index contributed by atoms with van der Waals surface area (Å²) in [6.07, 6.45) is 2.10. The Bertz CT molecular complexity index is 548. The van der Waals surface area contributed by atoms with E-state index in [0.717, 1.165) is 25.1 Å². The van der Waals surface area contributed by atoms with E-state index < -0.39 is 0 Å². The fourth-order valence-electron chi connectivity index (χ4n) is 2.42. The van der Waals surface area contributed by atoms with Gasteiger partial charge < -0.3 is 10.1 Å². The molecule has 1 atom stereocenters. The van der Waals surface area contributed by atoms with Crippen molar-refractivity contribution in [2.24, 2.45) is 0 Å². The van der Waals surface area contributed by atoms with Crippen LogP contribution in [0.3, 0.4) is 0 Å². The third-order valence-electron chi connectivity index (χ3n) is 3.89. The van der Waals surface area contributed by atoms with Crippen LogP contribution in [0.1, 0.15) is 36.6 Å². The molecule has 1 unspecified atom stereocenters. The Morgan fingerprint density at radius 1 is 1.05 bits per heavy atom. The third-order valence-corrected chi connectivity index (χ3v) is 3.89. The molecule has 0 heterocycles. The molecule has 21 heavy (non-hydrogen) atoms. The predicted molar refractivity (Wildman–Crippen MR) is 88.9 cm³/mol. The second-order valence-corrected chi connectivity index (χ2v) is 5.37. The minimum Gasteiger partial charge on any atom is -0.497 e. The molecule has 0 saturated heterocycles. The van der Waals surface area contributed by atoms with Gasteiger partial charge in [-0.25, -0.2) is 0 Å². The van der Waals surface area contributed by atoms with Crippen molar-refractivity contribution in [2.75, 3.05) is 13.7 Å². The fraction of sp³-hybridized carbons (Fsp3) is 0.368. The van der Waals surface area contributed by atoms with Crippen molar-refractivity contribution in [1.82, 2.24) is 5.32 Å². The molecule has 1 N–H and O–H groups in total. The Morgan fingerprint density at radius 2 is 1.81 bits per heavy atom. The van der Waals surface area contributed by atoms with Gasteiger partial charge in [-0.1, -0.05) is 43.3 Å². The zero-order chi connectivity index (χ0) is 15.1. The number of benzene rings is 2. The molecule has 0 amide bonds. The molecule has 2 heteroatoms. The summed E-state index contributed by atoms with van der Waals surface area (Å²) in [6.45, 7) is 5.36. The second kappa shape index (κ2) is 7.84. The first-order chi connectivity index (χ1) is 10.2. The van der Waals surface area contributed by atoms with Crippen molar-refractivity contribution in [1.29, 1.82) is 0 Å². The summed E-state index contributed by atoms with van der Waals surface area (Å²) in [5.41, 5.74) is 4.04. The zero-order valence-electron chi connectivity index (χ0n) is 13.2. The van der Waals surface area contributed by atoms with Gasteiger partial charge in [0, 0.05) is 6.04 Å². The van der Waals surface area contributed by atoms with Crippen LogP contribution in [0.5, 0.6) is 5.75 Å². The minimum atomic E-state index is 0.376. The van der Waals surface area contributed by atoms with Crippen LogP contribution in [0.4, 0.5) is 0 Å². The maximum Gasteiger partial charge on any atom is 0.119 e. The van der Waals surface area contributed by atoms with E-state index in [9.17, 15) is 0 Å². The molecule has 112 valence electrons. The van der Waals surface area contributed by atoms with Crippen LogP contribution >= 0.6 is 0 Å². The Morgan fingerprint density at radius 3 is 2.48 bits per heavy atom. The molecule has 0 aliphatic rings. The van der Waals surface area contributed by atoms with Gasteiger partial charge in [-0.05, 0) is 55.1 Å².